The lowest BCUT2D eigenvalue weighted by molar-refractivity contribution is -0.116. The van der Waals surface area contributed by atoms with Crippen LogP contribution in [0.15, 0.2) is 24.3 Å². The third-order valence-corrected chi connectivity index (χ3v) is 3.83. The van der Waals surface area contributed by atoms with Crippen molar-refractivity contribution in [3.8, 4) is 0 Å². The van der Waals surface area contributed by atoms with Crippen molar-refractivity contribution in [2.75, 3.05) is 31.2 Å². The fourth-order valence-corrected chi connectivity index (χ4v) is 2.57. The summed E-state index contributed by atoms with van der Waals surface area (Å²) in [6.07, 6.45) is 1.73. The Bertz CT molecular complexity index is 464. The van der Waals surface area contributed by atoms with E-state index in [1.807, 2.05) is 25.2 Å². The Kier molecular flexibility index (Phi) is 4.98. The fraction of sp³-hybridized carbons (Fsp3) is 0.533. The summed E-state index contributed by atoms with van der Waals surface area (Å²) in [5.74, 6) is -0.0127. The van der Waals surface area contributed by atoms with Crippen LogP contribution in [0.5, 0.6) is 0 Å². The molecule has 1 heterocycles. The number of nitrogens with zero attached hydrogens (tertiary/aromatic N) is 1. The van der Waals surface area contributed by atoms with E-state index in [2.05, 4.69) is 17.1 Å². The Morgan fingerprint density at radius 2 is 2.25 bits per heavy atom. The molecule has 1 aromatic carbocycles. The minimum atomic E-state index is -0.0127. The monoisotopic (exact) mass is 277 g/mol. The number of amides is 1. The van der Waals surface area contributed by atoms with E-state index >= 15 is 0 Å². The number of ether oxygens (including phenoxy) is 1. The van der Waals surface area contributed by atoms with Gasteiger partial charge in [0.15, 0.2) is 0 Å². The summed E-state index contributed by atoms with van der Waals surface area (Å²) in [6.45, 7) is 3.61. The molecule has 20 heavy (non-hydrogen) atoms. The maximum atomic E-state index is 11.9. The zero-order valence-electron chi connectivity index (χ0n) is 12.1. The number of rotatable bonds is 5. The van der Waals surface area contributed by atoms with E-state index in [1.165, 1.54) is 0 Å². The predicted molar refractivity (Wildman–Crippen MR) is 80.6 cm³/mol. The van der Waals surface area contributed by atoms with Crippen molar-refractivity contribution in [1.82, 2.24) is 4.90 Å². The zero-order valence-corrected chi connectivity index (χ0v) is 12.1. The highest BCUT2D eigenvalue weighted by atomic mass is 16.5. The second-order valence-electron chi connectivity index (χ2n) is 5.30. The SMILES string of the molecule is CC1OCCC1N(C)CCC(=O)Nc1ccccc1N. The molecule has 0 aromatic heterocycles. The van der Waals surface area contributed by atoms with Crippen LogP contribution in [0.4, 0.5) is 11.4 Å². The van der Waals surface area contributed by atoms with E-state index in [4.69, 9.17) is 10.5 Å². The molecule has 0 bridgehead atoms. The van der Waals surface area contributed by atoms with Gasteiger partial charge < -0.3 is 20.7 Å². The van der Waals surface area contributed by atoms with E-state index in [9.17, 15) is 4.79 Å². The van der Waals surface area contributed by atoms with Crippen molar-refractivity contribution in [3.05, 3.63) is 24.3 Å². The molecule has 0 spiro atoms. The van der Waals surface area contributed by atoms with Gasteiger partial charge in [0.25, 0.3) is 0 Å². The van der Waals surface area contributed by atoms with Gasteiger partial charge in [0.1, 0.15) is 0 Å². The van der Waals surface area contributed by atoms with Crippen molar-refractivity contribution in [2.24, 2.45) is 0 Å². The number of nitrogens with one attached hydrogen (secondary N) is 1. The average Bonchev–Trinajstić information content (AvgIpc) is 2.85. The molecular weight excluding hydrogens is 254 g/mol. The lowest BCUT2D eigenvalue weighted by Crippen LogP contribution is -2.38. The van der Waals surface area contributed by atoms with E-state index in [0.717, 1.165) is 19.6 Å². The molecule has 0 saturated carbocycles. The fourth-order valence-electron chi connectivity index (χ4n) is 2.57. The Hall–Kier alpha value is -1.59. The van der Waals surface area contributed by atoms with Gasteiger partial charge in [-0.05, 0) is 32.5 Å². The molecule has 2 rings (SSSR count). The van der Waals surface area contributed by atoms with Crippen LogP contribution in [0.25, 0.3) is 0 Å². The average molecular weight is 277 g/mol. The number of benzene rings is 1. The topological polar surface area (TPSA) is 67.6 Å². The highest BCUT2D eigenvalue weighted by Gasteiger charge is 2.27. The number of nitrogen functional groups attached to an aromatic ring is 1. The normalized spacial score (nSPS) is 22.1. The standard InChI is InChI=1S/C15H23N3O2/c1-11-14(8-10-20-11)18(2)9-7-15(19)17-13-6-4-3-5-12(13)16/h3-6,11,14H,7-10,16H2,1-2H3,(H,17,19). The van der Waals surface area contributed by atoms with Crippen molar-refractivity contribution < 1.29 is 9.53 Å². The van der Waals surface area contributed by atoms with Crippen LogP contribution < -0.4 is 11.1 Å². The summed E-state index contributed by atoms with van der Waals surface area (Å²) in [5, 5.41) is 2.85. The Morgan fingerprint density at radius 1 is 1.50 bits per heavy atom. The van der Waals surface area contributed by atoms with E-state index < -0.39 is 0 Å². The molecule has 1 aliphatic heterocycles. The van der Waals surface area contributed by atoms with Gasteiger partial charge in [-0.3, -0.25) is 4.79 Å². The minimum Gasteiger partial charge on any atom is -0.397 e. The number of carbonyl (C=O) groups is 1. The largest absolute Gasteiger partial charge is 0.397 e. The number of anilines is 2. The van der Waals surface area contributed by atoms with Crippen LogP contribution in [-0.4, -0.2) is 43.2 Å². The Labute approximate surface area is 120 Å². The van der Waals surface area contributed by atoms with Crippen LogP contribution in [0.1, 0.15) is 19.8 Å². The second kappa shape index (κ2) is 6.72. The molecular formula is C15H23N3O2. The first-order valence-electron chi connectivity index (χ1n) is 7.04. The van der Waals surface area contributed by atoms with Crippen molar-refractivity contribution >= 4 is 17.3 Å². The number of nitrogens with two attached hydrogens (primary N) is 1. The Balaban J connectivity index is 1.79. The summed E-state index contributed by atoms with van der Waals surface area (Å²) in [7, 11) is 2.04. The maximum Gasteiger partial charge on any atom is 0.225 e. The van der Waals surface area contributed by atoms with Gasteiger partial charge in [-0.25, -0.2) is 0 Å². The maximum absolute atomic E-state index is 11.9. The first-order chi connectivity index (χ1) is 9.58. The van der Waals surface area contributed by atoms with Crippen molar-refractivity contribution in [3.63, 3.8) is 0 Å². The lowest BCUT2D eigenvalue weighted by Gasteiger charge is -2.26. The van der Waals surface area contributed by atoms with Crippen LogP contribution in [-0.2, 0) is 9.53 Å². The molecule has 0 radical (unpaired) electrons. The quantitative estimate of drug-likeness (QED) is 0.804. The third-order valence-electron chi connectivity index (χ3n) is 3.83. The summed E-state index contributed by atoms with van der Waals surface area (Å²) in [4.78, 5) is 14.1. The van der Waals surface area contributed by atoms with Gasteiger partial charge in [0.05, 0.1) is 17.5 Å². The smallest absolute Gasteiger partial charge is 0.225 e. The number of hydrogen-bond donors (Lipinski definition) is 2. The summed E-state index contributed by atoms with van der Waals surface area (Å²) in [6, 6.07) is 7.70. The van der Waals surface area contributed by atoms with Crippen molar-refractivity contribution in [1.29, 1.82) is 0 Å². The van der Waals surface area contributed by atoms with Gasteiger partial charge >= 0.3 is 0 Å². The highest BCUT2D eigenvalue weighted by molar-refractivity contribution is 5.93. The molecule has 3 N–H and O–H groups in total. The molecule has 110 valence electrons. The molecule has 5 heteroatoms. The van der Waals surface area contributed by atoms with Crippen molar-refractivity contribution in [2.45, 2.75) is 31.9 Å². The highest BCUT2D eigenvalue weighted by Crippen LogP contribution is 2.19. The molecule has 2 unspecified atom stereocenters. The molecule has 1 amide bonds. The lowest BCUT2D eigenvalue weighted by atomic mass is 10.1. The number of para-hydroxylation sites is 2. The van der Waals surface area contributed by atoms with E-state index in [0.29, 0.717) is 23.8 Å². The van der Waals surface area contributed by atoms with Gasteiger partial charge in [0, 0.05) is 25.6 Å². The van der Waals surface area contributed by atoms with Gasteiger partial charge in [-0.2, -0.15) is 0 Å². The van der Waals surface area contributed by atoms with Crippen LogP contribution in [0.3, 0.4) is 0 Å². The second-order valence-corrected chi connectivity index (χ2v) is 5.30. The first-order valence-corrected chi connectivity index (χ1v) is 7.04. The van der Waals surface area contributed by atoms with E-state index in [-0.39, 0.29) is 12.0 Å². The summed E-state index contributed by atoms with van der Waals surface area (Å²) >= 11 is 0. The molecule has 1 fully saturated rings. The number of likely N-dealkylation sites (N-methyl/N-ethyl adjacent to an activating group) is 1. The third kappa shape index (κ3) is 3.71. The minimum absolute atomic E-state index is 0.0127. The zero-order chi connectivity index (χ0) is 14.5. The van der Waals surface area contributed by atoms with Gasteiger partial charge in [-0.1, -0.05) is 12.1 Å². The predicted octanol–water partition coefficient (Wildman–Crippen LogP) is 1.71. The Morgan fingerprint density at radius 3 is 2.90 bits per heavy atom. The molecule has 1 saturated heterocycles. The van der Waals surface area contributed by atoms with Crippen LogP contribution in [0.2, 0.25) is 0 Å². The van der Waals surface area contributed by atoms with E-state index in [1.54, 1.807) is 6.07 Å². The van der Waals surface area contributed by atoms with Crippen LogP contribution in [0, 0.1) is 0 Å². The molecule has 5 nitrogen and oxygen atoms in total. The summed E-state index contributed by atoms with van der Waals surface area (Å²) in [5.41, 5.74) is 7.07. The molecule has 0 aliphatic carbocycles. The number of hydrogen-bond acceptors (Lipinski definition) is 4. The van der Waals surface area contributed by atoms with Gasteiger partial charge in [-0.15, -0.1) is 0 Å². The van der Waals surface area contributed by atoms with Gasteiger partial charge in [0.2, 0.25) is 5.91 Å². The van der Waals surface area contributed by atoms with Crippen LogP contribution >= 0.6 is 0 Å². The molecule has 1 aromatic rings. The first kappa shape index (κ1) is 14.8. The summed E-state index contributed by atoms with van der Waals surface area (Å²) < 4.78 is 5.55. The molecule has 2 atom stereocenters. The number of carbonyl (C=O) groups excluding carboxylic acids is 1. The molecule has 1 aliphatic rings.